The van der Waals surface area contributed by atoms with Gasteiger partial charge in [-0.1, -0.05) is 47.7 Å². The van der Waals surface area contributed by atoms with Crippen LogP contribution in [0.4, 0.5) is 0 Å². The van der Waals surface area contributed by atoms with Gasteiger partial charge in [0.2, 0.25) is 0 Å². The molecular formula is C24H24ClNO4S2. The third-order valence-corrected chi connectivity index (χ3v) is 6.27. The van der Waals surface area contributed by atoms with Gasteiger partial charge in [-0.3, -0.25) is 9.69 Å². The monoisotopic (exact) mass is 489 g/mol. The Morgan fingerprint density at radius 2 is 1.84 bits per heavy atom. The number of hydrogen-bond acceptors (Lipinski definition) is 6. The van der Waals surface area contributed by atoms with Crippen LogP contribution in [0.25, 0.3) is 6.08 Å². The summed E-state index contributed by atoms with van der Waals surface area (Å²) in [6.07, 6.45) is 4.36. The second kappa shape index (κ2) is 11.4. The Kier molecular flexibility index (Phi) is 8.61. The number of amides is 1. The Labute approximate surface area is 203 Å². The summed E-state index contributed by atoms with van der Waals surface area (Å²) in [5, 5.41) is 0.551. The van der Waals surface area contributed by atoms with E-state index in [1.807, 2.05) is 31.2 Å². The number of thioether (sulfide) groups is 1. The molecule has 1 aliphatic rings. The van der Waals surface area contributed by atoms with Gasteiger partial charge >= 0.3 is 0 Å². The Bertz CT molecular complexity index is 1050. The second-order valence-electron chi connectivity index (χ2n) is 6.78. The first kappa shape index (κ1) is 24.2. The minimum absolute atomic E-state index is 0.108. The Hall–Kier alpha value is -2.48. The highest BCUT2D eigenvalue weighted by Gasteiger charge is 2.30. The summed E-state index contributed by atoms with van der Waals surface area (Å²) in [5.74, 6) is 1.80. The zero-order valence-electron chi connectivity index (χ0n) is 17.9. The number of halogens is 1. The molecule has 0 aromatic heterocycles. The number of likely N-dealkylation sites (N-methyl/N-ethyl adjacent to an activating group) is 1. The third-order valence-electron chi connectivity index (χ3n) is 4.65. The number of carbonyl (C=O) groups is 1. The molecular weight excluding hydrogens is 466 g/mol. The summed E-state index contributed by atoms with van der Waals surface area (Å²) in [5.41, 5.74) is 1.81. The number of methoxy groups -OCH3 is 1. The van der Waals surface area contributed by atoms with E-state index in [0.29, 0.717) is 56.8 Å². The summed E-state index contributed by atoms with van der Waals surface area (Å²) in [6, 6.07) is 11.1. The Balaban J connectivity index is 1.67. The van der Waals surface area contributed by atoms with Crippen molar-refractivity contribution >= 4 is 51.9 Å². The second-order valence-corrected chi connectivity index (χ2v) is 8.90. The van der Waals surface area contributed by atoms with Gasteiger partial charge in [0.1, 0.15) is 23.3 Å². The van der Waals surface area contributed by atoms with Crippen LogP contribution < -0.4 is 14.2 Å². The first-order valence-electron chi connectivity index (χ1n) is 10.0. The Morgan fingerprint density at radius 3 is 2.50 bits per heavy atom. The van der Waals surface area contributed by atoms with Gasteiger partial charge in [-0.15, -0.1) is 6.58 Å². The molecule has 2 aromatic rings. The lowest BCUT2D eigenvalue weighted by Crippen LogP contribution is -2.27. The summed E-state index contributed by atoms with van der Waals surface area (Å²) < 4.78 is 17.7. The number of rotatable bonds is 10. The number of benzene rings is 2. The molecule has 0 radical (unpaired) electrons. The predicted octanol–water partition coefficient (Wildman–Crippen LogP) is 5.76. The van der Waals surface area contributed by atoms with E-state index in [1.165, 1.54) is 11.8 Å². The Morgan fingerprint density at radius 1 is 1.12 bits per heavy atom. The number of allylic oxidation sites excluding steroid dienone is 1. The fourth-order valence-corrected chi connectivity index (χ4v) is 4.66. The van der Waals surface area contributed by atoms with Crippen molar-refractivity contribution in [3.05, 3.63) is 70.1 Å². The van der Waals surface area contributed by atoms with Crippen LogP contribution in [0.15, 0.2) is 54.0 Å². The zero-order chi connectivity index (χ0) is 23.1. The van der Waals surface area contributed by atoms with Crippen LogP contribution in [-0.4, -0.2) is 42.0 Å². The van der Waals surface area contributed by atoms with Crippen molar-refractivity contribution in [2.24, 2.45) is 0 Å². The van der Waals surface area contributed by atoms with Crippen LogP contribution in [-0.2, 0) is 11.2 Å². The minimum atomic E-state index is -0.108. The van der Waals surface area contributed by atoms with Crippen molar-refractivity contribution in [1.29, 1.82) is 0 Å². The standard InChI is InChI=1S/C24H24ClNO4S2/c1-4-6-16-7-9-20(21(13-16)28-3)30-12-11-29-19-10-8-18(25)14-17(19)15-22-23(27)26(5-2)24(31)32-22/h4,7-10,13-15H,1,5-6,11-12H2,2-3H3. The predicted molar refractivity (Wildman–Crippen MR) is 135 cm³/mol. The van der Waals surface area contributed by atoms with Crippen molar-refractivity contribution < 1.29 is 19.0 Å². The molecule has 0 bridgehead atoms. The van der Waals surface area contributed by atoms with Crippen LogP contribution in [0.5, 0.6) is 17.2 Å². The van der Waals surface area contributed by atoms with E-state index >= 15 is 0 Å². The molecule has 168 valence electrons. The van der Waals surface area contributed by atoms with Crippen LogP contribution in [0.2, 0.25) is 5.02 Å². The maximum Gasteiger partial charge on any atom is 0.266 e. The van der Waals surface area contributed by atoms with Crippen molar-refractivity contribution in [3.8, 4) is 17.2 Å². The lowest BCUT2D eigenvalue weighted by atomic mass is 10.1. The highest BCUT2D eigenvalue weighted by atomic mass is 35.5. The molecule has 0 N–H and O–H groups in total. The van der Waals surface area contributed by atoms with Crippen LogP contribution in [0.1, 0.15) is 18.1 Å². The third kappa shape index (κ3) is 5.85. The van der Waals surface area contributed by atoms with Crippen molar-refractivity contribution in [3.63, 3.8) is 0 Å². The molecule has 1 fully saturated rings. The molecule has 0 spiro atoms. The number of thiocarbonyl (C=S) groups is 1. The van der Waals surface area contributed by atoms with Gasteiger partial charge in [0, 0.05) is 17.1 Å². The lowest BCUT2D eigenvalue weighted by molar-refractivity contribution is -0.121. The molecule has 0 saturated carbocycles. The van der Waals surface area contributed by atoms with E-state index in [0.717, 1.165) is 12.0 Å². The first-order chi connectivity index (χ1) is 15.5. The summed E-state index contributed by atoms with van der Waals surface area (Å²) in [7, 11) is 1.61. The number of nitrogens with zero attached hydrogens (tertiary/aromatic N) is 1. The fourth-order valence-electron chi connectivity index (χ4n) is 3.11. The summed E-state index contributed by atoms with van der Waals surface area (Å²) in [4.78, 5) is 14.6. The molecule has 1 heterocycles. The van der Waals surface area contributed by atoms with Gasteiger partial charge in [-0.25, -0.2) is 0 Å². The largest absolute Gasteiger partial charge is 0.493 e. The van der Waals surface area contributed by atoms with Gasteiger partial charge in [0.15, 0.2) is 11.5 Å². The van der Waals surface area contributed by atoms with Gasteiger partial charge in [0.25, 0.3) is 5.91 Å². The fraction of sp³-hybridized carbons (Fsp3) is 0.250. The van der Waals surface area contributed by atoms with Crippen molar-refractivity contribution in [2.75, 3.05) is 26.9 Å². The quantitative estimate of drug-likeness (QED) is 0.183. The van der Waals surface area contributed by atoms with Gasteiger partial charge in [-0.2, -0.15) is 0 Å². The maximum absolute atomic E-state index is 12.5. The number of hydrogen-bond donors (Lipinski definition) is 0. The van der Waals surface area contributed by atoms with Crippen LogP contribution >= 0.6 is 35.6 Å². The van der Waals surface area contributed by atoms with E-state index in [9.17, 15) is 4.79 Å². The van der Waals surface area contributed by atoms with Crippen LogP contribution in [0, 0.1) is 0 Å². The molecule has 0 aliphatic carbocycles. The van der Waals surface area contributed by atoms with Crippen LogP contribution in [0.3, 0.4) is 0 Å². The maximum atomic E-state index is 12.5. The molecule has 1 saturated heterocycles. The molecule has 1 aliphatic heterocycles. The highest BCUT2D eigenvalue weighted by Crippen LogP contribution is 2.35. The normalized spacial score (nSPS) is 14.7. The minimum Gasteiger partial charge on any atom is -0.493 e. The molecule has 32 heavy (non-hydrogen) atoms. The van der Waals surface area contributed by atoms with E-state index in [1.54, 1.807) is 36.3 Å². The summed E-state index contributed by atoms with van der Waals surface area (Å²) in [6.45, 7) is 6.80. The van der Waals surface area contributed by atoms with E-state index in [2.05, 4.69) is 6.58 Å². The topological polar surface area (TPSA) is 48.0 Å². The molecule has 8 heteroatoms. The molecule has 0 atom stereocenters. The first-order valence-corrected chi connectivity index (χ1v) is 11.7. The number of ether oxygens (including phenoxy) is 3. The molecule has 0 unspecified atom stereocenters. The van der Waals surface area contributed by atoms with E-state index in [4.69, 9.17) is 38.0 Å². The average molecular weight is 490 g/mol. The van der Waals surface area contributed by atoms with Gasteiger partial charge < -0.3 is 14.2 Å². The SMILES string of the molecule is C=CCc1ccc(OCCOc2ccc(Cl)cc2C=C2SC(=S)N(CC)C2=O)c(OC)c1. The van der Waals surface area contributed by atoms with Crippen molar-refractivity contribution in [1.82, 2.24) is 4.90 Å². The number of carbonyl (C=O) groups excluding carboxylic acids is 1. The summed E-state index contributed by atoms with van der Waals surface area (Å²) >= 11 is 12.7. The molecule has 2 aromatic carbocycles. The van der Waals surface area contributed by atoms with Crippen molar-refractivity contribution in [2.45, 2.75) is 13.3 Å². The highest BCUT2D eigenvalue weighted by molar-refractivity contribution is 8.26. The van der Waals surface area contributed by atoms with Gasteiger partial charge in [0.05, 0.1) is 12.0 Å². The molecule has 3 rings (SSSR count). The smallest absolute Gasteiger partial charge is 0.266 e. The molecule has 5 nitrogen and oxygen atoms in total. The molecule has 1 amide bonds. The van der Waals surface area contributed by atoms with E-state index < -0.39 is 0 Å². The lowest BCUT2D eigenvalue weighted by Gasteiger charge is -2.14. The van der Waals surface area contributed by atoms with E-state index in [-0.39, 0.29) is 5.91 Å². The average Bonchev–Trinajstić information content (AvgIpc) is 3.05. The van der Waals surface area contributed by atoms with Gasteiger partial charge in [-0.05, 0) is 55.3 Å². The zero-order valence-corrected chi connectivity index (χ0v) is 20.3.